The normalized spacial score (nSPS) is 10.9. The van der Waals surface area contributed by atoms with E-state index in [0.29, 0.717) is 29.2 Å². The van der Waals surface area contributed by atoms with Gasteiger partial charge in [-0.1, -0.05) is 21.1 Å². The molecule has 20 heavy (non-hydrogen) atoms. The number of hydrogen-bond donors (Lipinski definition) is 0. The van der Waals surface area contributed by atoms with Crippen LogP contribution in [-0.4, -0.2) is 25.2 Å². The van der Waals surface area contributed by atoms with Crippen LogP contribution in [0.1, 0.15) is 11.6 Å². The molecular weight excluding hydrogens is 329 g/mol. The van der Waals surface area contributed by atoms with Gasteiger partial charge in [-0.3, -0.25) is 0 Å². The van der Waals surface area contributed by atoms with Crippen molar-refractivity contribution < 1.29 is 8.81 Å². The van der Waals surface area contributed by atoms with Crippen molar-refractivity contribution in [2.45, 2.75) is 11.9 Å². The summed E-state index contributed by atoms with van der Waals surface area (Å²) in [6.45, 7) is 0.341. The molecule has 102 valence electrons. The van der Waals surface area contributed by atoms with E-state index in [4.69, 9.17) is 4.42 Å². The monoisotopic (exact) mass is 337 g/mol. The van der Waals surface area contributed by atoms with Crippen molar-refractivity contribution in [3.05, 3.63) is 47.9 Å². The number of alkyl halides is 1. The van der Waals surface area contributed by atoms with Crippen molar-refractivity contribution in [3.63, 3.8) is 0 Å². The summed E-state index contributed by atoms with van der Waals surface area (Å²) in [5, 5.41) is 16.4. The molecule has 0 amide bonds. The minimum atomic E-state index is -0.307. The average Bonchev–Trinajstić information content (AvgIpc) is 3.09. The third-order valence-corrected chi connectivity index (χ3v) is 3.15. The average molecular weight is 338 g/mol. The molecule has 3 rings (SSSR count). The molecule has 0 unspecified atom stereocenters. The lowest BCUT2D eigenvalue weighted by atomic mass is 10.2. The van der Waals surface area contributed by atoms with Crippen LogP contribution < -0.4 is 0 Å². The molecule has 0 saturated heterocycles. The van der Waals surface area contributed by atoms with Gasteiger partial charge in [-0.05, 0) is 24.3 Å². The third kappa shape index (κ3) is 2.74. The second-order valence-electron chi connectivity index (χ2n) is 4.05. The molecule has 0 radical (unpaired) electrons. The summed E-state index contributed by atoms with van der Waals surface area (Å²) in [6, 6.07) is 5.87. The molecule has 0 saturated carbocycles. The zero-order valence-electron chi connectivity index (χ0n) is 10.2. The first kappa shape index (κ1) is 12.9. The van der Waals surface area contributed by atoms with Crippen molar-refractivity contribution >= 4 is 15.9 Å². The van der Waals surface area contributed by atoms with Crippen LogP contribution >= 0.6 is 15.9 Å². The fourth-order valence-electron chi connectivity index (χ4n) is 1.64. The SMILES string of the molecule is Fc1ccc(-c2nnc(Cn3cc(CBr)nn3)o2)cc1. The van der Waals surface area contributed by atoms with Gasteiger partial charge < -0.3 is 4.42 Å². The van der Waals surface area contributed by atoms with Gasteiger partial charge in [0.15, 0.2) is 0 Å². The molecular formula is C12H9BrFN5O. The van der Waals surface area contributed by atoms with Gasteiger partial charge in [-0.2, -0.15) is 0 Å². The van der Waals surface area contributed by atoms with Gasteiger partial charge in [-0.25, -0.2) is 9.07 Å². The second kappa shape index (κ2) is 5.49. The van der Waals surface area contributed by atoms with Crippen LogP contribution in [0.4, 0.5) is 4.39 Å². The van der Waals surface area contributed by atoms with Crippen LogP contribution in [-0.2, 0) is 11.9 Å². The minimum Gasteiger partial charge on any atom is -0.419 e. The van der Waals surface area contributed by atoms with Crippen LogP contribution in [0.2, 0.25) is 0 Å². The number of hydrogen-bond acceptors (Lipinski definition) is 5. The molecule has 3 aromatic rings. The van der Waals surface area contributed by atoms with Crippen molar-refractivity contribution in [3.8, 4) is 11.5 Å². The van der Waals surface area contributed by atoms with Crippen LogP contribution in [0.25, 0.3) is 11.5 Å². The Morgan fingerprint density at radius 3 is 2.65 bits per heavy atom. The Morgan fingerprint density at radius 2 is 1.95 bits per heavy atom. The van der Waals surface area contributed by atoms with E-state index in [1.807, 2.05) is 0 Å². The van der Waals surface area contributed by atoms with Gasteiger partial charge in [0.2, 0.25) is 11.8 Å². The second-order valence-corrected chi connectivity index (χ2v) is 4.61. The van der Waals surface area contributed by atoms with Crippen molar-refractivity contribution in [1.29, 1.82) is 0 Å². The molecule has 6 nitrogen and oxygen atoms in total. The van der Waals surface area contributed by atoms with Crippen molar-refractivity contribution in [2.75, 3.05) is 0 Å². The van der Waals surface area contributed by atoms with Crippen LogP contribution in [0.5, 0.6) is 0 Å². The standard InChI is InChI=1S/C12H9BrFN5O/c13-5-10-6-19(18-15-10)7-11-16-17-12(20-11)8-1-3-9(14)4-2-8/h1-4,6H,5,7H2. The highest BCUT2D eigenvalue weighted by atomic mass is 79.9. The third-order valence-electron chi connectivity index (χ3n) is 2.58. The lowest BCUT2D eigenvalue weighted by molar-refractivity contribution is 0.469. The predicted octanol–water partition coefficient (Wildman–Crippen LogP) is 2.41. The summed E-state index contributed by atoms with van der Waals surface area (Å²) in [5.74, 6) is 0.453. The summed E-state index contributed by atoms with van der Waals surface area (Å²) in [6.07, 6.45) is 1.79. The molecule has 0 aliphatic carbocycles. The minimum absolute atomic E-state index is 0.307. The van der Waals surface area contributed by atoms with Crippen molar-refractivity contribution in [1.82, 2.24) is 25.2 Å². The zero-order valence-corrected chi connectivity index (χ0v) is 11.8. The Balaban J connectivity index is 1.78. The largest absolute Gasteiger partial charge is 0.419 e. The maximum Gasteiger partial charge on any atom is 0.247 e. The fraction of sp³-hybridized carbons (Fsp3) is 0.167. The van der Waals surface area contributed by atoms with Gasteiger partial charge in [-0.15, -0.1) is 15.3 Å². The lowest BCUT2D eigenvalue weighted by Gasteiger charge is -1.95. The highest BCUT2D eigenvalue weighted by Gasteiger charge is 2.10. The molecule has 8 heteroatoms. The first-order valence-corrected chi connectivity index (χ1v) is 6.90. The van der Waals surface area contributed by atoms with E-state index in [2.05, 4.69) is 36.4 Å². The van der Waals surface area contributed by atoms with E-state index in [1.165, 1.54) is 12.1 Å². The molecule has 2 aromatic heterocycles. The predicted molar refractivity (Wildman–Crippen MR) is 71.4 cm³/mol. The lowest BCUT2D eigenvalue weighted by Crippen LogP contribution is -2.00. The Bertz CT molecular complexity index is 709. The first-order valence-electron chi connectivity index (χ1n) is 5.78. The van der Waals surface area contributed by atoms with Gasteiger partial charge >= 0.3 is 0 Å². The molecule has 0 bridgehead atoms. The molecule has 0 aliphatic heterocycles. The Labute approximate surface area is 121 Å². The molecule has 0 spiro atoms. The summed E-state index contributed by atoms with van der Waals surface area (Å²) in [7, 11) is 0. The molecule has 0 atom stereocenters. The van der Waals surface area contributed by atoms with Gasteiger partial charge in [0.1, 0.15) is 12.4 Å². The zero-order chi connectivity index (χ0) is 13.9. The number of rotatable bonds is 4. The maximum absolute atomic E-state index is 12.8. The number of halogens is 2. The Hall–Kier alpha value is -2.09. The number of benzene rings is 1. The number of nitrogens with zero attached hydrogens (tertiary/aromatic N) is 5. The van der Waals surface area contributed by atoms with Crippen LogP contribution in [0.3, 0.4) is 0 Å². The van der Waals surface area contributed by atoms with Crippen LogP contribution in [0.15, 0.2) is 34.9 Å². The van der Waals surface area contributed by atoms with E-state index >= 15 is 0 Å². The van der Waals surface area contributed by atoms with Gasteiger partial charge in [0.25, 0.3) is 0 Å². The Morgan fingerprint density at radius 1 is 1.15 bits per heavy atom. The van der Waals surface area contributed by atoms with Gasteiger partial charge in [0, 0.05) is 17.1 Å². The Kier molecular flexibility index (Phi) is 3.55. The quantitative estimate of drug-likeness (QED) is 0.684. The van der Waals surface area contributed by atoms with E-state index < -0.39 is 0 Å². The van der Waals surface area contributed by atoms with Crippen molar-refractivity contribution in [2.24, 2.45) is 0 Å². The molecule has 2 heterocycles. The summed E-state index contributed by atoms with van der Waals surface area (Å²) >= 11 is 3.30. The molecule has 1 aromatic carbocycles. The summed E-state index contributed by atoms with van der Waals surface area (Å²) < 4.78 is 20.0. The molecule has 0 fully saturated rings. The topological polar surface area (TPSA) is 69.6 Å². The fourth-order valence-corrected chi connectivity index (χ4v) is 1.90. The maximum atomic E-state index is 12.8. The summed E-state index contributed by atoms with van der Waals surface area (Å²) in [5.41, 5.74) is 1.49. The van der Waals surface area contributed by atoms with E-state index in [0.717, 1.165) is 5.69 Å². The molecule has 0 aliphatic rings. The first-order chi connectivity index (χ1) is 9.74. The number of aromatic nitrogens is 5. The van der Waals surface area contributed by atoms with Crippen LogP contribution in [0, 0.1) is 5.82 Å². The smallest absolute Gasteiger partial charge is 0.247 e. The van der Waals surface area contributed by atoms with E-state index in [1.54, 1.807) is 23.0 Å². The van der Waals surface area contributed by atoms with Gasteiger partial charge in [0.05, 0.1) is 5.69 Å². The van der Waals surface area contributed by atoms with E-state index in [9.17, 15) is 4.39 Å². The summed E-state index contributed by atoms with van der Waals surface area (Å²) in [4.78, 5) is 0. The highest BCUT2D eigenvalue weighted by molar-refractivity contribution is 9.08. The highest BCUT2D eigenvalue weighted by Crippen LogP contribution is 2.18. The van der Waals surface area contributed by atoms with E-state index in [-0.39, 0.29) is 5.82 Å². The molecule has 0 N–H and O–H groups in total.